The number of anilines is 1. The lowest BCUT2D eigenvalue weighted by Crippen LogP contribution is -2.29. The Morgan fingerprint density at radius 3 is 2.64 bits per heavy atom. The molecule has 4 rings (SSSR count). The molecule has 2 aliphatic rings. The van der Waals surface area contributed by atoms with Crippen LogP contribution < -0.4 is 5.32 Å². The predicted molar refractivity (Wildman–Crippen MR) is 101 cm³/mol. The molecule has 1 aliphatic heterocycles. The van der Waals surface area contributed by atoms with Crippen molar-refractivity contribution in [2.45, 2.75) is 18.4 Å². The monoisotopic (exact) mass is 394 g/mol. The van der Waals surface area contributed by atoms with E-state index in [9.17, 15) is 10.1 Å². The summed E-state index contributed by atoms with van der Waals surface area (Å²) in [6.45, 7) is 0. The number of hydrogen-bond donors (Lipinski definition) is 1. The topological polar surface area (TPSA) is 55.2 Å². The molecule has 3 atom stereocenters. The summed E-state index contributed by atoms with van der Waals surface area (Å²) >= 11 is 18.3. The van der Waals surface area contributed by atoms with Crippen molar-refractivity contribution in [3.05, 3.63) is 78.8 Å². The Labute approximate surface area is 159 Å². The van der Waals surface area contributed by atoms with Gasteiger partial charge in [-0.25, -0.2) is 0 Å². The van der Waals surface area contributed by atoms with E-state index in [1.165, 1.54) is 6.07 Å². The van der Waals surface area contributed by atoms with Gasteiger partial charge >= 0.3 is 0 Å². The quantitative estimate of drug-likeness (QED) is 0.364. The van der Waals surface area contributed by atoms with E-state index in [4.69, 9.17) is 34.8 Å². The Bertz CT molecular complexity index is 913. The van der Waals surface area contributed by atoms with Crippen LogP contribution >= 0.6 is 34.8 Å². The van der Waals surface area contributed by atoms with Gasteiger partial charge < -0.3 is 5.32 Å². The molecule has 25 heavy (non-hydrogen) atoms. The highest BCUT2D eigenvalue weighted by atomic mass is 35.5. The Kier molecular flexibility index (Phi) is 4.14. The van der Waals surface area contributed by atoms with Crippen LogP contribution in [0.5, 0.6) is 0 Å². The molecule has 2 aromatic rings. The van der Waals surface area contributed by atoms with Crippen LogP contribution in [0.1, 0.15) is 29.5 Å². The summed E-state index contributed by atoms with van der Waals surface area (Å²) in [4.78, 5) is 11.1. The van der Waals surface area contributed by atoms with E-state index in [0.717, 1.165) is 17.5 Å². The fourth-order valence-corrected chi connectivity index (χ4v) is 4.35. The van der Waals surface area contributed by atoms with Crippen LogP contribution in [0.4, 0.5) is 11.4 Å². The van der Waals surface area contributed by atoms with Crippen molar-refractivity contribution in [3.8, 4) is 0 Å². The van der Waals surface area contributed by atoms with Gasteiger partial charge in [0.15, 0.2) is 0 Å². The first-order valence-electron chi connectivity index (χ1n) is 7.81. The minimum atomic E-state index is -0.400. The maximum atomic E-state index is 11.5. The van der Waals surface area contributed by atoms with Crippen molar-refractivity contribution < 1.29 is 4.92 Å². The predicted octanol–water partition coefficient (Wildman–Crippen LogP) is 6.38. The summed E-state index contributed by atoms with van der Waals surface area (Å²) in [5.74, 6) is 0.316. The van der Waals surface area contributed by atoms with Gasteiger partial charge in [-0.05, 0) is 41.7 Å². The van der Waals surface area contributed by atoms with Crippen LogP contribution in [0.25, 0.3) is 0 Å². The number of nitro benzene ring substituents is 1. The van der Waals surface area contributed by atoms with Gasteiger partial charge in [-0.3, -0.25) is 10.1 Å². The molecule has 0 radical (unpaired) electrons. The van der Waals surface area contributed by atoms with Crippen LogP contribution in [0.2, 0.25) is 15.1 Å². The zero-order valence-electron chi connectivity index (χ0n) is 12.9. The van der Waals surface area contributed by atoms with Gasteiger partial charge in [0.2, 0.25) is 0 Å². The maximum Gasteiger partial charge on any atom is 0.294 e. The van der Waals surface area contributed by atoms with E-state index < -0.39 is 4.92 Å². The lowest BCUT2D eigenvalue weighted by atomic mass is 9.77. The zero-order chi connectivity index (χ0) is 17.7. The number of nitro groups is 1. The summed E-state index contributed by atoms with van der Waals surface area (Å²) in [6, 6.07) is 8.59. The Morgan fingerprint density at radius 2 is 1.92 bits per heavy atom. The molecule has 0 spiro atoms. The number of hydrogen-bond acceptors (Lipinski definition) is 3. The number of nitrogens with zero attached hydrogens (tertiary/aromatic N) is 1. The molecule has 2 unspecified atom stereocenters. The van der Waals surface area contributed by atoms with Gasteiger partial charge in [0.05, 0.1) is 21.0 Å². The maximum absolute atomic E-state index is 11.5. The largest absolute Gasteiger partial charge is 0.372 e. The summed E-state index contributed by atoms with van der Waals surface area (Å²) in [5.41, 5.74) is 2.35. The zero-order valence-corrected chi connectivity index (χ0v) is 15.1. The molecule has 0 saturated heterocycles. The number of allylic oxidation sites excluding steroid dienone is 2. The molecule has 1 N–H and O–H groups in total. The molecule has 1 heterocycles. The second kappa shape index (κ2) is 6.20. The third-order valence-electron chi connectivity index (χ3n) is 4.91. The number of halogens is 3. The highest BCUT2D eigenvalue weighted by Crippen LogP contribution is 2.53. The molecule has 0 amide bonds. The first-order valence-corrected chi connectivity index (χ1v) is 8.95. The van der Waals surface area contributed by atoms with Gasteiger partial charge in [0.1, 0.15) is 5.69 Å². The van der Waals surface area contributed by atoms with Crippen LogP contribution in [-0.2, 0) is 0 Å². The van der Waals surface area contributed by atoms with E-state index >= 15 is 0 Å². The molecular weight excluding hydrogens is 383 g/mol. The van der Waals surface area contributed by atoms with E-state index in [1.807, 2.05) is 18.2 Å². The van der Waals surface area contributed by atoms with E-state index in [0.29, 0.717) is 20.8 Å². The van der Waals surface area contributed by atoms with E-state index in [-0.39, 0.29) is 23.6 Å². The Balaban J connectivity index is 1.86. The van der Waals surface area contributed by atoms with Gasteiger partial charge in [0.25, 0.3) is 5.69 Å². The number of nitrogens with one attached hydrogen (secondary N) is 1. The van der Waals surface area contributed by atoms with Crippen molar-refractivity contribution in [2.75, 3.05) is 5.32 Å². The fourth-order valence-electron chi connectivity index (χ4n) is 3.83. The Hall–Kier alpha value is -1.75. The number of fused-ring (bicyclic) bond motifs is 3. The molecule has 2 aromatic carbocycles. The smallest absolute Gasteiger partial charge is 0.294 e. The third-order valence-corrected chi connectivity index (χ3v) is 5.87. The van der Waals surface area contributed by atoms with Gasteiger partial charge in [-0.1, -0.05) is 53.0 Å². The van der Waals surface area contributed by atoms with Gasteiger partial charge in [-0.2, -0.15) is 0 Å². The first kappa shape index (κ1) is 16.7. The van der Waals surface area contributed by atoms with Crippen molar-refractivity contribution in [3.63, 3.8) is 0 Å². The summed E-state index contributed by atoms with van der Waals surface area (Å²) < 4.78 is 0. The molecule has 0 saturated carbocycles. The lowest BCUT2D eigenvalue weighted by molar-refractivity contribution is -0.384. The van der Waals surface area contributed by atoms with E-state index in [1.54, 1.807) is 6.07 Å². The van der Waals surface area contributed by atoms with Gasteiger partial charge in [0, 0.05) is 17.0 Å². The normalized spacial score (nSPS) is 23.7. The van der Waals surface area contributed by atoms with Crippen LogP contribution in [0.3, 0.4) is 0 Å². The van der Waals surface area contributed by atoms with Crippen LogP contribution in [-0.4, -0.2) is 4.92 Å². The minimum absolute atomic E-state index is 0.00805. The molecule has 0 aromatic heterocycles. The minimum Gasteiger partial charge on any atom is -0.372 e. The number of benzene rings is 2. The average molecular weight is 396 g/mol. The molecule has 7 heteroatoms. The second-order valence-electron chi connectivity index (χ2n) is 6.30. The SMILES string of the molecule is O=[N+]([O-])c1cc(Cl)cc2c1N[C@H](c1ccc(Cl)c(Cl)c1)C1CC=CC21. The van der Waals surface area contributed by atoms with Crippen molar-refractivity contribution >= 4 is 46.2 Å². The second-order valence-corrected chi connectivity index (χ2v) is 7.55. The highest BCUT2D eigenvalue weighted by Gasteiger charge is 2.41. The average Bonchev–Trinajstić information content (AvgIpc) is 3.06. The van der Waals surface area contributed by atoms with Crippen molar-refractivity contribution in [2.24, 2.45) is 5.92 Å². The molecule has 128 valence electrons. The molecule has 0 fully saturated rings. The van der Waals surface area contributed by atoms with Crippen molar-refractivity contribution in [1.82, 2.24) is 0 Å². The number of rotatable bonds is 2. The molecule has 0 bridgehead atoms. The van der Waals surface area contributed by atoms with Gasteiger partial charge in [-0.15, -0.1) is 0 Å². The highest BCUT2D eigenvalue weighted by molar-refractivity contribution is 6.42. The van der Waals surface area contributed by atoms with Crippen LogP contribution in [0.15, 0.2) is 42.5 Å². The Morgan fingerprint density at radius 1 is 1.12 bits per heavy atom. The first-order chi connectivity index (χ1) is 12.0. The lowest BCUT2D eigenvalue weighted by Gasteiger charge is -2.37. The fraction of sp³-hybridized carbons (Fsp3) is 0.222. The van der Waals surface area contributed by atoms with Crippen LogP contribution in [0, 0.1) is 16.0 Å². The summed E-state index contributed by atoms with van der Waals surface area (Å²) in [5, 5.41) is 16.2. The standard InChI is InChI=1S/C18H13Cl3N2O2/c19-10-7-13-11-2-1-3-12(11)17(9-4-5-14(20)15(21)6-9)22-18(13)16(8-10)23(24)25/h1-2,4-8,11-12,17,22H,3H2/t11?,12?,17-/m1/s1. The van der Waals surface area contributed by atoms with E-state index in [2.05, 4.69) is 17.5 Å². The summed E-state index contributed by atoms with van der Waals surface area (Å²) in [7, 11) is 0. The van der Waals surface area contributed by atoms with Crippen molar-refractivity contribution in [1.29, 1.82) is 0 Å². The third kappa shape index (κ3) is 2.78. The summed E-state index contributed by atoms with van der Waals surface area (Å²) in [6.07, 6.45) is 5.10. The molecule has 4 nitrogen and oxygen atoms in total. The molecular formula is C18H13Cl3N2O2. The molecule has 1 aliphatic carbocycles.